The van der Waals surface area contributed by atoms with Crippen molar-refractivity contribution in [3.8, 4) is 11.5 Å². The first kappa shape index (κ1) is 32.5. The number of ether oxygens (including phenoxy) is 2. The van der Waals surface area contributed by atoms with Gasteiger partial charge in [0.2, 0.25) is 5.91 Å². The van der Waals surface area contributed by atoms with E-state index in [1.807, 2.05) is 42.5 Å². The molecule has 5 rings (SSSR count). The first-order valence-electron chi connectivity index (χ1n) is 14.6. The van der Waals surface area contributed by atoms with Crippen molar-refractivity contribution in [2.24, 2.45) is 0 Å². The van der Waals surface area contributed by atoms with Crippen molar-refractivity contribution in [1.29, 1.82) is 0 Å². The van der Waals surface area contributed by atoms with Crippen LogP contribution in [0.3, 0.4) is 0 Å². The van der Waals surface area contributed by atoms with Crippen LogP contribution in [0.15, 0.2) is 138 Å². The van der Waals surface area contributed by atoms with Gasteiger partial charge in [-0.1, -0.05) is 66.7 Å². The van der Waals surface area contributed by atoms with Gasteiger partial charge >= 0.3 is 0 Å². The lowest BCUT2D eigenvalue weighted by atomic mass is 10.1. The number of carbonyl (C=O) groups excluding carboxylic acids is 3. The van der Waals surface area contributed by atoms with E-state index in [0.717, 1.165) is 10.5 Å². The molecule has 0 radical (unpaired) electrons. The number of rotatable bonds is 12. The molecule has 0 fully saturated rings. The zero-order valence-electron chi connectivity index (χ0n) is 25.7. The molecule has 0 aliphatic rings. The summed E-state index contributed by atoms with van der Waals surface area (Å²) in [6.45, 7) is 0. The van der Waals surface area contributed by atoms with Gasteiger partial charge in [-0.2, -0.15) is 0 Å². The SMILES string of the molecule is COc1cccc(/C=C(\NC(=O)c2ccccc2)C(=O)Nc2ccc(SC(C(=O)Nc3ccccn3)c3ccccc3)cc2)c1OC. The third-order valence-corrected chi connectivity index (χ3v) is 8.15. The van der Waals surface area contributed by atoms with Gasteiger partial charge in [0.15, 0.2) is 11.5 Å². The largest absolute Gasteiger partial charge is 0.493 e. The minimum Gasteiger partial charge on any atom is -0.493 e. The summed E-state index contributed by atoms with van der Waals surface area (Å²) in [6, 6.07) is 35.8. The average Bonchev–Trinajstić information content (AvgIpc) is 3.11. The molecular weight excluding hydrogens is 612 g/mol. The number of anilines is 2. The molecule has 0 spiro atoms. The van der Waals surface area contributed by atoms with E-state index in [4.69, 9.17) is 9.47 Å². The molecule has 5 aromatic rings. The average molecular weight is 645 g/mol. The molecule has 1 heterocycles. The van der Waals surface area contributed by atoms with Gasteiger partial charge in [0.25, 0.3) is 11.8 Å². The maximum atomic E-state index is 13.6. The quantitative estimate of drug-likeness (QED) is 0.0991. The highest BCUT2D eigenvalue weighted by Crippen LogP contribution is 2.37. The fourth-order valence-electron chi connectivity index (χ4n) is 4.60. The van der Waals surface area contributed by atoms with Gasteiger partial charge in [0, 0.05) is 27.9 Å². The van der Waals surface area contributed by atoms with E-state index in [0.29, 0.717) is 34.1 Å². The van der Waals surface area contributed by atoms with E-state index in [-0.39, 0.29) is 11.6 Å². The summed E-state index contributed by atoms with van der Waals surface area (Å²) in [5, 5.41) is 7.93. The fraction of sp³-hybridized carbons (Fsp3) is 0.0811. The summed E-state index contributed by atoms with van der Waals surface area (Å²) >= 11 is 1.37. The Morgan fingerprint density at radius 1 is 0.745 bits per heavy atom. The molecule has 1 aromatic heterocycles. The molecule has 236 valence electrons. The summed E-state index contributed by atoms with van der Waals surface area (Å²) < 4.78 is 10.9. The number of thioether (sulfide) groups is 1. The third-order valence-electron chi connectivity index (χ3n) is 6.88. The third kappa shape index (κ3) is 8.65. The standard InChI is InChI=1S/C37H32N4O5S/c1-45-31-17-11-16-27(33(31)46-2)24-30(40-35(42)26-14-7-4-8-15-26)36(43)39-28-19-21-29(22-20-28)47-34(25-12-5-3-6-13-25)37(44)41-32-18-9-10-23-38-32/h3-24,34H,1-2H3,(H,39,43)(H,40,42)(H,38,41,44)/b30-24-. The first-order chi connectivity index (χ1) is 22.9. The van der Waals surface area contributed by atoms with Crippen molar-refractivity contribution >= 4 is 47.1 Å². The predicted molar refractivity (Wildman–Crippen MR) is 184 cm³/mol. The minimum absolute atomic E-state index is 0.000748. The highest BCUT2D eigenvalue weighted by molar-refractivity contribution is 8.00. The van der Waals surface area contributed by atoms with Crippen LogP contribution in [0.1, 0.15) is 26.7 Å². The summed E-state index contributed by atoms with van der Waals surface area (Å²) in [5.41, 5.74) is 2.25. The fourth-order valence-corrected chi connectivity index (χ4v) is 5.63. The minimum atomic E-state index is -0.556. The van der Waals surface area contributed by atoms with E-state index >= 15 is 0 Å². The molecule has 0 aliphatic heterocycles. The van der Waals surface area contributed by atoms with Crippen molar-refractivity contribution in [3.63, 3.8) is 0 Å². The summed E-state index contributed by atoms with van der Waals surface area (Å²) in [7, 11) is 3.02. The monoisotopic (exact) mass is 644 g/mol. The van der Waals surface area contributed by atoms with Crippen LogP contribution in [0.4, 0.5) is 11.5 Å². The molecule has 47 heavy (non-hydrogen) atoms. The second kappa shape index (κ2) is 15.9. The second-order valence-corrected chi connectivity index (χ2v) is 11.2. The Balaban J connectivity index is 1.36. The van der Waals surface area contributed by atoms with Gasteiger partial charge in [-0.15, -0.1) is 11.8 Å². The number of nitrogens with one attached hydrogen (secondary N) is 3. The number of aromatic nitrogens is 1. The molecule has 1 atom stereocenters. The normalized spacial score (nSPS) is 11.6. The molecule has 1 unspecified atom stereocenters. The number of nitrogens with zero attached hydrogens (tertiary/aromatic N) is 1. The smallest absolute Gasteiger partial charge is 0.272 e. The topological polar surface area (TPSA) is 119 Å². The molecule has 0 aliphatic carbocycles. The maximum absolute atomic E-state index is 13.6. The Hall–Kier alpha value is -5.87. The second-order valence-electron chi connectivity index (χ2n) is 10.1. The molecular formula is C37H32N4O5S. The number of hydrogen-bond donors (Lipinski definition) is 3. The van der Waals surface area contributed by atoms with Crippen LogP contribution in [-0.4, -0.2) is 36.9 Å². The Labute approximate surface area is 277 Å². The number of methoxy groups -OCH3 is 2. The molecule has 3 N–H and O–H groups in total. The zero-order chi connectivity index (χ0) is 33.0. The van der Waals surface area contributed by atoms with Crippen LogP contribution >= 0.6 is 11.8 Å². The van der Waals surface area contributed by atoms with Crippen molar-refractivity contribution < 1.29 is 23.9 Å². The number of carbonyl (C=O) groups is 3. The van der Waals surface area contributed by atoms with Crippen LogP contribution in [0.2, 0.25) is 0 Å². The summed E-state index contributed by atoms with van der Waals surface area (Å²) in [4.78, 5) is 45.1. The molecule has 4 aromatic carbocycles. The van der Waals surface area contributed by atoms with Gasteiger partial charge in [-0.05, 0) is 66.2 Å². The van der Waals surface area contributed by atoms with Gasteiger partial charge in [-0.3, -0.25) is 14.4 Å². The first-order valence-corrected chi connectivity index (χ1v) is 15.5. The van der Waals surface area contributed by atoms with E-state index in [9.17, 15) is 14.4 Å². The highest BCUT2D eigenvalue weighted by atomic mass is 32.2. The molecule has 0 saturated heterocycles. The molecule has 10 heteroatoms. The predicted octanol–water partition coefficient (Wildman–Crippen LogP) is 6.98. The van der Waals surface area contributed by atoms with E-state index in [1.165, 1.54) is 32.1 Å². The lowest BCUT2D eigenvalue weighted by molar-refractivity contribution is -0.116. The maximum Gasteiger partial charge on any atom is 0.272 e. The lowest BCUT2D eigenvalue weighted by Crippen LogP contribution is -2.30. The molecule has 0 saturated carbocycles. The van der Waals surface area contributed by atoms with Crippen LogP contribution in [0.25, 0.3) is 6.08 Å². The Morgan fingerprint density at radius 3 is 2.11 bits per heavy atom. The van der Waals surface area contributed by atoms with Gasteiger partial charge in [0.1, 0.15) is 16.8 Å². The number of pyridine rings is 1. The van der Waals surface area contributed by atoms with Crippen LogP contribution in [0.5, 0.6) is 11.5 Å². The molecule has 0 bridgehead atoms. The van der Waals surface area contributed by atoms with Crippen molar-refractivity contribution in [1.82, 2.24) is 10.3 Å². The van der Waals surface area contributed by atoms with Crippen molar-refractivity contribution in [3.05, 3.63) is 150 Å². The lowest BCUT2D eigenvalue weighted by Gasteiger charge is -2.17. The van der Waals surface area contributed by atoms with Crippen LogP contribution < -0.4 is 25.4 Å². The Kier molecular flexibility index (Phi) is 11.0. The number of hydrogen-bond acceptors (Lipinski definition) is 7. The van der Waals surface area contributed by atoms with E-state index in [2.05, 4.69) is 20.9 Å². The summed E-state index contributed by atoms with van der Waals surface area (Å²) in [6.07, 6.45) is 3.15. The molecule has 3 amide bonds. The summed E-state index contributed by atoms with van der Waals surface area (Å²) in [5.74, 6) is 0.149. The Bertz CT molecular complexity index is 1850. The number of para-hydroxylation sites is 1. The van der Waals surface area contributed by atoms with E-state index in [1.54, 1.807) is 85.1 Å². The number of benzene rings is 4. The van der Waals surface area contributed by atoms with Gasteiger partial charge in [0.05, 0.1) is 14.2 Å². The highest BCUT2D eigenvalue weighted by Gasteiger charge is 2.23. The van der Waals surface area contributed by atoms with Gasteiger partial charge < -0.3 is 25.4 Å². The zero-order valence-corrected chi connectivity index (χ0v) is 26.5. The van der Waals surface area contributed by atoms with Crippen LogP contribution in [0, 0.1) is 0 Å². The van der Waals surface area contributed by atoms with Crippen molar-refractivity contribution in [2.75, 3.05) is 24.9 Å². The Morgan fingerprint density at radius 2 is 1.45 bits per heavy atom. The van der Waals surface area contributed by atoms with Gasteiger partial charge in [-0.25, -0.2) is 4.98 Å². The van der Waals surface area contributed by atoms with E-state index < -0.39 is 17.1 Å². The van der Waals surface area contributed by atoms with Crippen molar-refractivity contribution in [2.45, 2.75) is 10.1 Å². The van der Waals surface area contributed by atoms with Crippen LogP contribution in [-0.2, 0) is 9.59 Å². The number of amides is 3. The molecule has 9 nitrogen and oxygen atoms in total.